The Labute approximate surface area is 185 Å². The van der Waals surface area contributed by atoms with Crippen LogP contribution in [0.1, 0.15) is 5.69 Å². The van der Waals surface area contributed by atoms with Gasteiger partial charge in [-0.05, 0) is 31.2 Å². The highest BCUT2D eigenvalue weighted by Gasteiger charge is 2.17. The molecule has 0 spiro atoms. The second-order valence-corrected chi connectivity index (χ2v) is 6.84. The lowest BCUT2D eigenvalue weighted by molar-refractivity contribution is -0.116. The summed E-state index contributed by atoms with van der Waals surface area (Å²) in [6.07, 6.45) is 0. The van der Waals surface area contributed by atoms with Crippen LogP contribution in [0.15, 0.2) is 47.3 Å². The number of carbonyl (C=O) groups excluding carboxylic acids is 1. The van der Waals surface area contributed by atoms with E-state index >= 15 is 0 Å². The Hall–Kier alpha value is -4.01. The zero-order valence-electron chi connectivity index (χ0n) is 18.6. The summed E-state index contributed by atoms with van der Waals surface area (Å²) < 4.78 is 22.4. The molecule has 1 aromatic heterocycles. The normalized spacial score (nSPS) is 10.4. The number of nitrogens with zero attached hydrogens (tertiary/aromatic N) is 2. The van der Waals surface area contributed by atoms with Crippen LogP contribution in [0.5, 0.6) is 23.0 Å². The van der Waals surface area contributed by atoms with Crippen LogP contribution < -0.4 is 29.8 Å². The summed E-state index contributed by atoms with van der Waals surface area (Å²) in [6.45, 7) is 1.50. The van der Waals surface area contributed by atoms with Gasteiger partial charge in [0.1, 0.15) is 18.1 Å². The van der Waals surface area contributed by atoms with Crippen molar-refractivity contribution < 1.29 is 23.7 Å². The third kappa shape index (κ3) is 4.83. The number of methoxy groups -OCH3 is 4. The number of amides is 1. The lowest BCUT2D eigenvalue weighted by Gasteiger charge is -2.16. The molecule has 1 heterocycles. The molecule has 9 heteroatoms. The molecular weight excluding hydrogens is 414 g/mol. The van der Waals surface area contributed by atoms with Gasteiger partial charge in [-0.2, -0.15) is 0 Å². The first-order chi connectivity index (χ1) is 15.4. The van der Waals surface area contributed by atoms with Gasteiger partial charge in [0.05, 0.1) is 28.4 Å². The Morgan fingerprint density at radius 3 is 2.09 bits per heavy atom. The van der Waals surface area contributed by atoms with E-state index in [0.29, 0.717) is 45.8 Å². The molecule has 1 N–H and O–H groups in total. The smallest absolute Gasteiger partial charge is 0.254 e. The lowest BCUT2D eigenvalue weighted by Crippen LogP contribution is -2.29. The average molecular weight is 439 g/mol. The SMILES string of the molecule is COc1ccc(-c2nc(C)cc(=O)n2CC(=O)Nc2cc(OC)c(OC)c(OC)c2)cc1. The fraction of sp³-hybridized carbons (Fsp3) is 0.261. The van der Waals surface area contributed by atoms with Gasteiger partial charge in [0.25, 0.3) is 5.56 Å². The van der Waals surface area contributed by atoms with Gasteiger partial charge in [0.2, 0.25) is 11.7 Å². The van der Waals surface area contributed by atoms with Crippen LogP contribution in [-0.2, 0) is 11.3 Å². The van der Waals surface area contributed by atoms with Crippen LogP contribution in [0.25, 0.3) is 11.4 Å². The van der Waals surface area contributed by atoms with E-state index in [1.54, 1.807) is 50.4 Å². The van der Waals surface area contributed by atoms with E-state index in [-0.39, 0.29) is 12.1 Å². The van der Waals surface area contributed by atoms with Crippen molar-refractivity contribution in [2.24, 2.45) is 0 Å². The molecule has 3 rings (SSSR count). The molecule has 0 saturated heterocycles. The predicted molar refractivity (Wildman–Crippen MR) is 120 cm³/mol. The average Bonchev–Trinajstić information content (AvgIpc) is 2.79. The number of nitrogens with one attached hydrogen (secondary N) is 1. The van der Waals surface area contributed by atoms with Gasteiger partial charge in [0.15, 0.2) is 11.5 Å². The number of aromatic nitrogens is 2. The first-order valence-electron chi connectivity index (χ1n) is 9.73. The van der Waals surface area contributed by atoms with Gasteiger partial charge in [-0.1, -0.05) is 0 Å². The zero-order valence-corrected chi connectivity index (χ0v) is 18.6. The van der Waals surface area contributed by atoms with Gasteiger partial charge in [-0.25, -0.2) is 4.98 Å². The summed E-state index contributed by atoms with van der Waals surface area (Å²) in [7, 11) is 6.04. The minimum Gasteiger partial charge on any atom is -0.497 e. The summed E-state index contributed by atoms with van der Waals surface area (Å²) in [5.74, 6) is 1.86. The molecular formula is C23H25N3O6. The molecule has 0 aliphatic carbocycles. The van der Waals surface area contributed by atoms with Crippen molar-refractivity contribution in [2.75, 3.05) is 33.8 Å². The van der Waals surface area contributed by atoms with E-state index in [4.69, 9.17) is 18.9 Å². The van der Waals surface area contributed by atoms with Crippen LogP contribution >= 0.6 is 0 Å². The molecule has 168 valence electrons. The number of carbonyl (C=O) groups is 1. The van der Waals surface area contributed by atoms with E-state index in [1.165, 1.54) is 32.0 Å². The van der Waals surface area contributed by atoms with Crippen molar-refractivity contribution in [3.63, 3.8) is 0 Å². The first kappa shape index (κ1) is 22.7. The quantitative estimate of drug-likeness (QED) is 0.576. The summed E-state index contributed by atoms with van der Waals surface area (Å²) in [4.78, 5) is 30.0. The molecule has 1 amide bonds. The fourth-order valence-corrected chi connectivity index (χ4v) is 3.23. The molecule has 0 saturated carbocycles. The maximum Gasteiger partial charge on any atom is 0.254 e. The lowest BCUT2D eigenvalue weighted by atomic mass is 10.2. The third-order valence-corrected chi connectivity index (χ3v) is 4.73. The zero-order chi connectivity index (χ0) is 23.3. The van der Waals surface area contributed by atoms with Crippen molar-refractivity contribution in [2.45, 2.75) is 13.5 Å². The summed E-state index contributed by atoms with van der Waals surface area (Å²) >= 11 is 0. The van der Waals surface area contributed by atoms with Gasteiger partial charge in [0, 0.05) is 35.1 Å². The van der Waals surface area contributed by atoms with E-state index in [2.05, 4.69) is 10.3 Å². The standard InChI is InChI=1S/C23H25N3O6/c1-14-10-21(28)26(23(24-14)15-6-8-17(29-2)9-7-15)13-20(27)25-16-11-18(30-3)22(32-5)19(12-16)31-4/h6-12H,13H2,1-5H3,(H,25,27). The number of rotatable bonds is 8. The molecule has 0 atom stereocenters. The molecule has 0 bridgehead atoms. The molecule has 2 aromatic carbocycles. The van der Waals surface area contributed by atoms with Crippen LogP contribution in [0.3, 0.4) is 0 Å². The molecule has 0 aliphatic heterocycles. The summed E-state index contributed by atoms with van der Waals surface area (Å²) in [5, 5.41) is 2.77. The van der Waals surface area contributed by atoms with Crippen molar-refractivity contribution in [3.8, 4) is 34.4 Å². The second-order valence-electron chi connectivity index (χ2n) is 6.84. The second kappa shape index (κ2) is 9.86. The van der Waals surface area contributed by atoms with E-state index in [0.717, 1.165) is 0 Å². The Balaban J connectivity index is 1.92. The highest BCUT2D eigenvalue weighted by molar-refractivity contribution is 5.91. The molecule has 32 heavy (non-hydrogen) atoms. The van der Waals surface area contributed by atoms with Gasteiger partial charge < -0.3 is 24.3 Å². The van der Waals surface area contributed by atoms with Crippen LogP contribution in [0.2, 0.25) is 0 Å². The van der Waals surface area contributed by atoms with E-state index in [1.807, 2.05) is 0 Å². The van der Waals surface area contributed by atoms with Crippen molar-refractivity contribution in [1.82, 2.24) is 9.55 Å². The predicted octanol–water partition coefficient (Wildman–Crippen LogP) is 2.89. The van der Waals surface area contributed by atoms with Crippen LogP contribution in [0.4, 0.5) is 5.69 Å². The van der Waals surface area contributed by atoms with Gasteiger partial charge >= 0.3 is 0 Å². The van der Waals surface area contributed by atoms with E-state index < -0.39 is 5.91 Å². The van der Waals surface area contributed by atoms with Gasteiger partial charge in [-0.15, -0.1) is 0 Å². The van der Waals surface area contributed by atoms with Crippen molar-refractivity contribution in [3.05, 3.63) is 58.5 Å². The highest BCUT2D eigenvalue weighted by atomic mass is 16.5. The number of anilines is 1. The van der Waals surface area contributed by atoms with Crippen LogP contribution in [0, 0.1) is 6.92 Å². The van der Waals surface area contributed by atoms with Crippen molar-refractivity contribution >= 4 is 11.6 Å². The van der Waals surface area contributed by atoms with E-state index in [9.17, 15) is 9.59 Å². The highest BCUT2D eigenvalue weighted by Crippen LogP contribution is 2.39. The van der Waals surface area contributed by atoms with Gasteiger partial charge in [-0.3, -0.25) is 14.2 Å². The molecule has 0 unspecified atom stereocenters. The molecule has 9 nitrogen and oxygen atoms in total. The number of aryl methyl sites for hydroxylation is 1. The Morgan fingerprint density at radius 2 is 1.56 bits per heavy atom. The number of benzene rings is 2. The Morgan fingerprint density at radius 1 is 0.938 bits per heavy atom. The first-order valence-corrected chi connectivity index (χ1v) is 9.73. The molecule has 3 aromatic rings. The number of hydrogen-bond donors (Lipinski definition) is 1. The largest absolute Gasteiger partial charge is 0.497 e. The molecule has 0 fully saturated rings. The maximum atomic E-state index is 12.8. The minimum atomic E-state index is -0.415. The monoisotopic (exact) mass is 439 g/mol. The number of hydrogen-bond acceptors (Lipinski definition) is 7. The third-order valence-electron chi connectivity index (χ3n) is 4.73. The fourth-order valence-electron chi connectivity index (χ4n) is 3.23. The Bertz CT molecular complexity index is 1150. The maximum absolute atomic E-state index is 12.8. The summed E-state index contributed by atoms with van der Waals surface area (Å²) in [6, 6.07) is 11.7. The Kier molecular flexibility index (Phi) is 6.99. The molecule has 0 aliphatic rings. The van der Waals surface area contributed by atoms with Crippen molar-refractivity contribution in [1.29, 1.82) is 0 Å². The van der Waals surface area contributed by atoms with Crippen LogP contribution in [-0.4, -0.2) is 43.9 Å². The number of ether oxygens (including phenoxy) is 4. The molecule has 0 radical (unpaired) electrons. The summed E-state index contributed by atoms with van der Waals surface area (Å²) in [5.41, 5.74) is 1.35. The topological polar surface area (TPSA) is 101 Å². The minimum absolute atomic E-state index is 0.232.